The number of nitrogens with one attached hydrogen (secondary N) is 1. The second-order valence-corrected chi connectivity index (χ2v) is 11.6. The first-order chi connectivity index (χ1) is 17.2. The minimum absolute atomic E-state index is 0. The average Bonchev–Trinajstić information content (AvgIpc) is 3.49. The van der Waals surface area contributed by atoms with E-state index in [4.69, 9.17) is 9.15 Å². The number of hydrogen-bond acceptors (Lipinski definition) is 18. The van der Waals surface area contributed by atoms with Gasteiger partial charge in [-0.3, -0.25) is 18.0 Å². The normalized spacial score (nSPS) is 23.2. The Kier molecular flexibility index (Phi) is 18.6. The third-order valence-corrected chi connectivity index (χ3v) is 8.44. The Morgan fingerprint density at radius 3 is 2.27 bits per heavy atom. The van der Waals surface area contributed by atoms with Crippen LogP contribution in [0.15, 0.2) is 35.5 Å². The second kappa shape index (κ2) is 17.7. The fourth-order valence-electron chi connectivity index (χ4n) is 3.30. The number of furan rings is 1. The number of rotatable bonds is 11. The van der Waals surface area contributed by atoms with E-state index in [0.717, 1.165) is 0 Å². The molecule has 0 aromatic carbocycles. The van der Waals surface area contributed by atoms with Crippen molar-refractivity contribution in [2.45, 2.75) is 31.1 Å². The van der Waals surface area contributed by atoms with Gasteiger partial charge in [-0.15, -0.1) is 0 Å². The summed E-state index contributed by atoms with van der Waals surface area (Å²) >= 11 is 0. The van der Waals surface area contributed by atoms with Crippen LogP contribution in [0.4, 0.5) is 5.82 Å². The summed E-state index contributed by atoms with van der Waals surface area (Å²) in [4.78, 5) is 56.1. The summed E-state index contributed by atoms with van der Waals surface area (Å²) in [6.45, 7) is -0.814. The number of imidazole rings is 1. The van der Waals surface area contributed by atoms with E-state index in [1.807, 2.05) is 0 Å². The predicted octanol–water partition coefficient (Wildman–Crippen LogP) is -14.5. The Hall–Kier alpha value is 1.92. The summed E-state index contributed by atoms with van der Waals surface area (Å²) < 4.78 is 56.1. The van der Waals surface area contributed by atoms with Gasteiger partial charge in [0.05, 0.1) is 33.6 Å². The van der Waals surface area contributed by atoms with Gasteiger partial charge in [0.15, 0.2) is 23.2 Å². The second-order valence-electron chi connectivity index (χ2n) is 7.33. The summed E-state index contributed by atoms with van der Waals surface area (Å²) in [5, 5.41) is 23.7. The molecule has 4 rings (SSSR count). The molecule has 6 atom stereocenters. The summed E-state index contributed by atoms with van der Waals surface area (Å²) in [6.07, 6.45) is -2.41. The van der Waals surface area contributed by atoms with Crippen molar-refractivity contribution in [3.05, 3.63) is 36.8 Å². The van der Waals surface area contributed by atoms with Gasteiger partial charge < -0.3 is 53.3 Å². The number of aliphatic hydroxyl groups excluding tert-OH is 2. The Labute approximate surface area is 319 Å². The van der Waals surface area contributed by atoms with Gasteiger partial charge in [-0.05, 0) is 12.1 Å². The van der Waals surface area contributed by atoms with Crippen LogP contribution in [0.25, 0.3) is 11.2 Å². The number of nitrogens with zero attached hydrogens (tertiary/aromatic N) is 4. The molecule has 3 aromatic heterocycles. The van der Waals surface area contributed by atoms with Gasteiger partial charge >= 0.3 is 118 Å². The molecule has 4 heterocycles. The van der Waals surface area contributed by atoms with Crippen molar-refractivity contribution in [3.63, 3.8) is 0 Å². The molecule has 3 aromatic rings. The first kappa shape index (κ1) is 42.9. The summed E-state index contributed by atoms with van der Waals surface area (Å²) in [5.74, 6) is 0.920. The fourth-order valence-corrected chi connectivity index (χ4v) is 6.16. The molecule has 3 N–H and O–H groups in total. The SMILES string of the molecule is O=P([O-])([O-])OP(=O)([O-])OP(=O)([O-])OC[C@H]1O[C@@H](n2cnc3c(NCc4ccco4)ncnc32)[C@H](O)[C@@H]1O.[Na+].[Na+].[Na+].[Na+]. The van der Waals surface area contributed by atoms with E-state index in [-0.39, 0.29) is 136 Å². The van der Waals surface area contributed by atoms with E-state index >= 15 is 0 Å². The first-order valence-electron chi connectivity index (χ1n) is 9.91. The number of phosphoric acid groups is 3. The molecule has 0 saturated carbocycles. The van der Waals surface area contributed by atoms with Crippen LogP contribution in [0.5, 0.6) is 0 Å². The summed E-state index contributed by atoms with van der Waals surface area (Å²) in [6, 6.07) is 3.44. The number of aromatic nitrogens is 4. The van der Waals surface area contributed by atoms with Gasteiger partial charge in [0.25, 0.3) is 15.6 Å². The maximum atomic E-state index is 11.7. The molecule has 0 amide bonds. The molecule has 1 aliphatic rings. The predicted molar refractivity (Wildman–Crippen MR) is 108 cm³/mol. The molecule has 41 heavy (non-hydrogen) atoms. The number of fused-ring (bicyclic) bond motifs is 1. The Balaban J connectivity index is 0.00000400. The molecule has 204 valence electrons. The number of aliphatic hydroxyl groups is 2. The van der Waals surface area contributed by atoms with Gasteiger partial charge in [0.1, 0.15) is 30.4 Å². The van der Waals surface area contributed by atoms with E-state index in [1.165, 1.54) is 23.5 Å². The number of anilines is 1. The van der Waals surface area contributed by atoms with Crippen LogP contribution in [0.2, 0.25) is 0 Å². The van der Waals surface area contributed by atoms with Crippen molar-refractivity contribution >= 4 is 40.4 Å². The van der Waals surface area contributed by atoms with Gasteiger partial charge in [-0.25, -0.2) is 19.3 Å². The molecule has 2 unspecified atom stereocenters. The van der Waals surface area contributed by atoms with Crippen LogP contribution in [-0.4, -0.2) is 54.7 Å². The zero-order chi connectivity index (χ0) is 27.0. The molecular formula is C15H16N5Na4O14P3. The molecular weight excluding hydrogens is 659 g/mol. The molecule has 0 spiro atoms. The van der Waals surface area contributed by atoms with E-state index in [9.17, 15) is 43.5 Å². The molecule has 1 aliphatic heterocycles. The van der Waals surface area contributed by atoms with Crippen LogP contribution in [0, 0.1) is 0 Å². The Bertz CT molecular complexity index is 1400. The maximum Gasteiger partial charge on any atom is 1.00 e. The van der Waals surface area contributed by atoms with Crippen LogP contribution < -0.4 is 143 Å². The van der Waals surface area contributed by atoms with Crippen molar-refractivity contribution in [2.75, 3.05) is 11.9 Å². The zero-order valence-electron chi connectivity index (χ0n) is 22.0. The molecule has 0 radical (unpaired) electrons. The van der Waals surface area contributed by atoms with Crippen molar-refractivity contribution in [3.8, 4) is 0 Å². The standard InChI is InChI=1S/C15H20N5O14P3.4Na/c21-11-9(5-31-36(26,27)34-37(28,29)33-35(23,24)25)32-15(12(11)22)20-7-19-10-13(17-6-18-14(10)20)16-4-8-2-1-3-30-8;;;;/h1-3,6-7,9,11-12,15,21-22H,4-5H2,(H,26,27)(H,28,29)(H,16,17,18)(H2,23,24,25);;;;/q;4*+1/p-4/t9-,11-,12-,15-;;;;/m1..../s1. The maximum absolute atomic E-state index is 11.7. The summed E-state index contributed by atoms with van der Waals surface area (Å²) in [7, 11) is -18.1. The number of hydrogen-bond donors (Lipinski definition) is 3. The fraction of sp³-hybridized carbons (Fsp3) is 0.400. The van der Waals surface area contributed by atoms with Crippen LogP contribution in [-0.2, 0) is 38.1 Å². The Morgan fingerprint density at radius 2 is 1.66 bits per heavy atom. The van der Waals surface area contributed by atoms with E-state index in [1.54, 1.807) is 12.1 Å². The summed E-state index contributed by atoms with van der Waals surface area (Å²) in [5.41, 5.74) is 0.424. The van der Waals surface area contributed by atoms with Gasteiger partial charge in [-0.1, -0.05) is 0 Å². The van der Waals surface area contributed by atoms with E-state index < -0.39 is 54.6 Å². The van der Waals surface area contributed by atoms with E-state index in [0.29, 0.717) is 11.6 Å². The monoisotopic (exact) mass is 675 g/mol. The van der Waals surface area contributed by atoms with Crippen LogP contribution >= 0.6 is 23.5 Å². The van der Waals surface area contributed by atoms with Crippen LogP contribution in [0.1, 0.15) is 12.0 Å². The molecule has 19 nitrogen and oxygen atoms in total. The minimum atomic E-state index is -6.16. The van der Waals surface area contributed by atoms with Crippen molar-refractivity contribution in [2.24, 2.45) is 0 Å². The molecule has 1 fully saturated rings. The third kappa shape index (κ3) is 11.9. The van der Waals surface area contributed by atoms with Crippen LogP contribution in [0.3, 0.4) is 0 Å². The number of phosphoric ester groups is 1. The minimum Gasteiger partial charge on any atom is -0.790 e. The Morgan fingerprint density at radius 1 is 0.976 bits per heavy atom. The third-order valence-electron chi connectivity index (χ3n) is 4.78. The van der Waals surface area contributed by atoms with Crippen molar-refractivity contribution in [1.82, 2.24) is 19.5 Å². The van der Waals surface area contributed by atoms with Gasteiger partial charge in [0.2, 0.25) is 0 Å². The largest absolute Gasteiger partial charge is 1.00 e. The topological polar surface area (TPSA) is 290 Å². The average molecular weight is 675 g/mol. The van der Waals surface area contributed by atoms with Crippen molar-refractivity contribution in [1.29, 1.82) is 0 Å². The molecule has 26 heteroatoms. The van der Waals surface area contributed by atoms with Crippen molar-refractivity contribution < 1.29 is 184 Å². The zero-order valence-corrected chi connectivity index (χ0v) is 32.7. The molecule has 0 bridgehead atoms. The smallest absolute Gasteiger partial charge is 0.790 e. The number of ether oxygens (including phenoxy) is 1. The quantitative estimate of drug-likeness (QED) is 0.126. The van der Waals surface area contributed by atoms with Gasteiger partial charge in [0, 0.05) is 0 Å². The molecule has 0 aliphatic carbocycles. The van der Waals surface area contributed by atoms with Gasteiger partial charge in [-0.2, -0.15) is 0 Å². The first-order valence-corrected chi connectivity index (χ1v) is 14.3. The van der Waals surface area contributed by atoms with E-state index in [2.05, 4.69) is 33.4 Å². The molecule has 1 saturated heterocycles.